The van der Waals surface area contributed by atoms with Gasteiger partial charge in [-0.2, -0.15) is 0 Å². The average Bonchev–Trinajstić information content (AvgIpc) is 3.39. The summed E-state index contributed by atoms with van der Waals surface area (Å²) in [6, 6.07) is 9.00. The molecule has 148 valence electrons. The molecule has 4 heterocycles. The fourth-order valence-electron chi connectivity index (χ4n) is 4.49. The lowest BCUT2D eigenvalue weighted by atomic mass is 9.98. The Hall–Kier alpha value is -2.25. The van der Waals surface area contributed by atoms with Gasteiger partial charge in [0.15, 0.2) is 11.5 Å². The molecule has 2 aromatic rings. The highest BCUT2D eigenvalue weighted by atomic mass is 32.1. The molecular weight excluding hydrogens is 376 g/mol. The molecule has 1 aromatic carbocycles. The van der Waals surface area contributed by atoms with Gasteiger partial charge >= 0.3 is 0 Å². The minimum atomic E-state index is 0.0354. The summed E-state index contributed by atoms with van der Waals surface area (Å²) in [6.45, 7) is 0.669. The van der Waals surface area contributed by atoms with E-state index in [0.717, 1.165) is 34.8 Å². The summed E-state index contributed by atoms with van der Waals surface area (Å²) in [6.07, 6.45) is 4.64. The number of amides is 1. The maximum absolute atomic E-state index is 12.7. The highest BCUT2D eigenvalue weighted by molar-refractivity contribution is 7.12. The normalized spacial score (nSPS) is 25.7. The summed E-state index contributed by atoms with van der Waals surface area (Å²) >= 11 is 1.47. The molecule has 1 N–H and O–H groups in total. The van der Waals surface area contributed by atoms with Gasteiger partial charge in [-0.3, -0.25) is 4.79 Å². The Kier molecular flexibility index (Phi) is 4.64. The average molecular weight is 401 g/mol. The van der Waals surface area contributed by atoms with Crippen LogP contribution in [-0.2, 0) is 6.61 Å². The van der Waals surface area contributed by atoms with Crippen LogP contribution in [0.5, 0.6) is 17.2 Å². The molecule has 3 aliphatic heterocycles. The predicted molar refractivity (Wildman–Crippen MR) is 106 cm³/mol. The number of fused-ring (bicyclic) bond motifs is 3. The van der Waals surface area contributed by atoms with Gasteiger partial charge < -0.3 is 24.4 Å². The van der Waals surface area contributed by atoms with Crippen molar-refractivity contribution in [3.8, 4) is 17.2 Å². The molecule has 2 fully saturated rings. The smallest absolute Gasteiger partial charge is 0.261 e. The van der Waals surface area contributed by atoms with Crippen LogP contribution in [0.15, 0.2) is 29.6 Å². The van der Waals surface area contributed by atoms with Crippen LogP contribution in [-0.4, -0.2) is 42.8 Å². The van der Waals surface area contributed by atoms with Gasteiger partial charge in [-0.05, 0) is 56.3 Å². The Labute approximate surface area is 168 Å². The van der Waals surface area contributed by atoms with Crippen molar-refractivity contribution < 1.29 is 19.0 Å². The number of benzene rings is 1. The molecule has 1 amide bonds. The van der Waals surface area contributed by atoms with Gasteiger partial charge in [-0.15, -0.1) is 11.3 Å². The summed E-state index contributed by atoms with van der Waals surface area (Å²) in [5.41, 5.74) is 0.997. The zero-order chi connectivity index (χ0) is 19.1. The third-order valence-electron chi connectivity index (χ3n) is 6.06. The second kappa shape index (κ2) is 7.29. The number of hydrogen-bond acceptors (Lipinski definition) is 6. The molecule has 5 rings (SSSR count). The van der Waals surface area contributed by atoms with E-state index < -0.39 is 0 Å². The number of hydrogen-bond donors (Lipinski definition) is 1. The van der Waals surface area contributed by atoms with Gasteiger partial charge in [0.1, 0.15) is 12.4 Å². The van der Waals surface area contributed by atoms with E-state index in [0.29, 0.717) is 24.4 Å². The number of nitrogens with one attached hydrogen (secondary N) is 1. The second-order valence-electron chi connectivity index (χ2n) is 7.82. The molecular formula is C21H24N2O4S. The third kappa shape index (κ3) is 3.44. The van der Waals surface area contributed by atoms with Crippen molar-refractivity contribution in [2.45, 2.75) is 50.4 Å². The fourth-order valence-corrected chi connectivity index (χ4v) is 5.29. The zero-order valence-corrected chi connectivity index (χ0v) is 16.7. The molecule has 0 radical (unpaired) electrons. The summed E-state index contributed by atoms with van der Waals surface area (Å²) in [7, 11) is 2.21. The molecule has 2 saturated heterocycles. The molecule has 3 aliphatic rings. The van der Waals surface area contributed by atoms with Crippen molar-refractivity contribution in [2.75, 3.05) is 13.8 Å². The zero-order valence-electron chi connectivity index (χ0n) is 15.8. The molecule has 0 saturated carbocycles. The summed E-state index contributed by atoms with van der Waals surface area (Å²) < 4.78 is 16.5. The summed E-state index contributed by atoms with van der Waals surface area (Å²) in [5.74, 6) is 2.20. The number of nitrogens with zero attached hydrogens (tertiary/aromatic N) is 1. The summed E-state index contributed by atoms with van der Waals surface area (Å²) in [4.78, 5) is 15.9. The van der Waals surface area contributed by atoms with Gasteiger partial charge in [0.2, 0.25) is 6.79 Å². The van der Waals surface area contributed by atoms with Crippen LogP contribution in [0.4, 0.5) is 0 Å². The number of carbonyl (C=O) groups excluding carboxylic acids is 1. The van der Waals surface area contributed by atoms with Crippen molar-refractivity contribution in [1.29, 1.82) is 0 Å². The van der Waals surface area contributed by atoms with Gasteiger partial charge in [-0.25, -0.2) is 0 Å². The first-order chi connectivity index (χ1) is 13.7. The molecule has 2 bridgehead atoms. The molecule has 2 atom stereocenters. The lowest BCUT2D eigenvalue weighted by molar-refractivity contribution is 0.0886. The largest absolute Gasteiger partial charge is 0.489 e. The van der Waals surface area contributed by atoms with Crippen LogP contribution in [0.1, 0.15) is 40.9 Å². The first-order valence-corrected chi connectivity index (χ1v) is 10.7. The van der Waals surface area contributed by atoms with E-state index >= 15 is 0 Å². The van der Waals surface area contributed by atoms with E-state index in [-0.39, 0.29) is 18.7 Å². The Morgan fingerprint density at radius 1 is 1.21 bits per heavy atom. The monoisotopic (exact) mass is 400 g/mol. The Balaban J connectivity index is 1.16. The predicted octanol–water partition coefficient (Wildman–Crippen LogP) is 3.41. The second-order valence-corrected chi connectivity index (χ2v) is 8.73. The number of rotatable bonds is 5. The van der Waals surface area contributed by atoms with E-state index in [2.05, 4.69) is 17.3 Å². The highest BCUT2D eigenvalue weighted by Crippen LogP contribution is 2.36. The Morgan fingerprint density at radius 3 is 2.82 bits per heavy atom. The van der Waals surface area contributed by atoms with Crippen molar-refractivity contribution in [2.24, 2.45) is 0 Å². The number of piperidine rings is 1. The molecule has 0 aliphatic carbocycles. The van der Waals surface area contributed by atoms with Crippen LogP contribution >= 0.6 is 11.3 Å². The van der Waals surface area contributed by atoms with Crippen molar-refractivity contribution in [1.82, 2.24) is 10.2 Å². The van der Waals surface area contributed by atoms with Crippen LogP contribution in [0.2, 0.25) is 0 Å². The van der Waals surface area contributed by atoms with Gasteiger partial charge in [0.25, 0.3) is 5.91 Å². The lowest BCUT2D eigenvalue weighted by Crippen LogP contribution is -2.48. The van der Waals surface area contributed by atoms with E-state index in [4.69, 9.17) is 14.2 Å². The first kappa shape index (κ1) is 17.8. The van der Waals surface area contributed by atoms with Gasteiger partial charge in [-0.1, -0.05) is 0 Å². The van der Waals surface area contributed by atoms with Gasteiger partial charge in [0.05, 0.1) is 4.88 Å². The molecule has 7 heteroatoms. The van der Waals surface area contributed by atoms with Crippen molar-refractivity contribution >= 4 is 17.2 Å². The lowest BCUT2D eigenvalue weighted by Gasteiger charge is -2.36. The molecule has 28 heavy (non-hydrogen) atoms. The number of ether oxygens (including phenoxy) is 3. The third-order valence-corrected chi connectivity index (χ3v) is 7.04. The molecule has 2 unspecified atom stereocenters. The highest BCUT2D eigenvalue weighted by Gasteiger charge is 2.38. The SMILES string of the molecule is CN1C2CCC1CC(NC(=O)c1cc(COc3ccc4c(c3)OCO4)cs1)C2. The quantitative estimate of drug-likeness (QED) is 0.834. The Morgan fingerprint density at radius 2 is 2.00 bits per heavy atom. The minimum absolute atomic E-state index is 0.0354. The first-order valence-electron chi connectivity index (χ1n) is 9.78. The number of thiophene rings is 1. The molecule has 1 aromatic heterocycles. The van der Waals surface area contributed by atoms with Crippen LogP contribution in [0.3, 0.4) is 0 Å². The van der Waals surface area contributed by atoms with Crippen LogP contribution < -0.4 is 19.5 Å². The fraction of sp³-hybridized carbons (Fsp3) is 0.476. The summed E-state index contributed by atoms with van der Waals surface area (Å²) in [5, 5.41) is 5.23. The van der Waals surface area contributed by atoms with E-state index in [1.165, 1.54) is 24.2 Å². The maximum atomic E-state index is 12.7. The van der Waals surface area contributed by atoms with Crippen molar-refractivity contribution in [3.05, 3.63) is 40.1 Å². The molecule has 0 spiro atoms. The van der Waals surface area contributed by atoms with Crippen LogP contribution in [0, 0.1) is 0 Å². The van der Waals surface area contributed by atoms with E-state index in [9.17, 15) is 4.79 Å². The van der Waals surface area contributed by atoms with Gasteiger partial charge in [0, 0.05) is 29.8 Å². The Bertz CT molecular complexity index is 869. The molecule has 6 nitrogen and oxygen atoms in total. The van der Waals surface area contributed by atoms with Crippen LogP contribution in [0.25, 0.3) is 0 Å². The standard InChI is InChI=1S/C21H24N2O4S/c1-23-15-2-3-16(23)8-14(7-15)22-21(24)20-6-13(11-28-20)10-25-17-4-5-18-19(9-17)27-12-26-18/h4-6,9,11,14-16H,2-3,7-8,10,12H2,1H3,(H,22,24). The number of carbonyl (C=O) groups is 1. The van der Waals surface area contributed by atoms with E-state index in [1.54, 1.807) is 0 Å². The topological polar surface area (TPSA) is 60.0 Å². The van der Waals surface area contributed by atoms with E-state index in [1.807, 2.05) is 29.6 Å². The van der Waals surface area contributed by atoms with Crippen molar-refractivity contribution in [3.63, 3.8) is 0 Å². The minimum Gasteiger partial charge on any atom is -0.489 e. The maximum Gasteiger partial charge on any atom is 0.261 e.